The fourth-order valence-corrected chi connectivity index (χ4v) is 4.13. The molecule has 26 heavy (non-hydrogen) atoms. The highest BCUT2D eigenvalue weighted by Crippen LogP contribution is 2.20. The summed E-state index contributed by atoms with van der Waals surface area (Å²) < 4.78 is 0. The molecule has 0 aromatic heterocycles. The van der Waals surface area contributed by atoms with Gasteiger partial charge in [0, 0.05) is 59.9 Å². The minimum absolute atomic E-state index is 0.00201. The van der Waals surface area contributed by atoms with E-state index >= 15 is 0 Å². The standard InChI is InChI=1S/C19H37N5O2/c1-16-13-17(2)15-22(14-16)8-6-5-7-20-18(25)23-9-11-24(12-10-23)19(26)21(3)4/h16-17H,5-15H2,1-4H3,(H,20,25). The highest BCUT2D eigenvalue weighted by Gasteiger charge is 2.25. The summed E-state index contributed by atoms with van der Waals surface area (Å²) in [5, 5.41) is 3.03. The van der Waals surface area contributed by atoms with E-state index in [-0.39, 0.29) is 12.1 Å². The van der Waals surface area contributed by atoms with Crippen molar-refractivity contribution in [2.75, 3.05) is 66.5 Å². The van der Waals surface area contributed by atoms with E-state index in [0.29, 0.717) is 26.2 Å². The Morgan fingerprint density at radius 2 is 1.54 bits per heavy atom. The number of unbranched alkanes of at least 4 members (excludes halogenated alkanes) is 1. The predicted octanol–water partition coefficient (Wildman–Crippen LogP) is 1.75. The van der Waals surface area contributed by atoms with Crippen molar-refractivity contribution in [1.29, 1.82) is 0 Å². The molecule has 4 amide bonds. The van der Waals surface area contributed by atoms with Gasteiger partial charge in [-0.3, -0.25) is 0 Å². The second-order valence-corrected chi connectivity index (χ2v) is 8.30. The lowest BCUT2D eigenvalue weighted by molar-refractivity contribution is 0.128. The lowest BCUT2D eigenvalue weighted by atomic mass is 9.92. The minimum Gasteiger partial charge on any atom is -0.338 e. The Balaban J connectivity index is 1.56. The van der Waals surface area contributed by atoms with Gasteiger partial charge in [0.25, 0.3) is 0 Å². The van der Waals surface area contributed by atoms with Crippen molar-refractivity contribution in [3.05, 3.63) is 0 Å². The summed E-state index contributed by atoms with van der Waals surface area (Å²) in [6.07, 6.45) is 3.49. The number of nitrogens with zero attached hydrogens (tertiary/aromatic N) is 4. The Morgan fingerprint density at radius 1 is 0.962 bits per heavy atom. The van der Waals surface area contributed by atoms with Crippen LogP contribution in [0.3, 0.4) is 0 Å². The molecular weight excluding hydrogens is 330 g/mol. The molecule has 0 saturated carbocycles. The van der Waals surface area contributed by atoms with Crippen molar-refractivity contribution >= 4 is 12.1 Å². The van der Waals surface area contributed by atoms with E-state index in [2.05, 4.69) is 24.1 Å². The van der Waals surface area contributed by atoms with Gasteiger partial charge in [0.05, 0.1) is 0 Å². The number of piperidine rings is 1. The van der Waals surface area contributed by atoms with E-state index in [0.717, 1.165) is 37.8 Å². The Kier molecular flexibility index (Phi) is 8.00. The number of hydrogen-bond acceptors (Lipinski definition) is 3. The van der Waals surface area contributed by atoms with E-state index in [9.17, 15) is 9.59 Å². The summed E-state index contributed by atoms with van der Waals surface area (Å²) in [6.45, 7) is 11.4. The van der Waals surface area contributed by atoms with Gasteiger partial charge in [-0.05, 0) is 37.6 Å². The van der Waals surface area contributed by atoms with Gasteiger partial charge in [-0.15, -0.1) is 0 Å². The average Bonchev–Trinajstić information content (AvgIpc) is 2.60. The molecule has 1 N–H and O–H groups in total. The van der Waals surface area contributed by atoms with Gasteiger partial charge >= 0.3 is 12.1 Å². The number of piperazine rings is 1. The third-order valence-electron chi connectivity index (χ3n) is 5.34. The van der Waals surface area contributed by atoms with Gasteiger partial charge in [-0.25, -0.2) is 9.59 Å². The van der Waals surface area contributed by atoms with Crippen LogP contribution in [0.1, 0.15) is 33.1 Å². The molecule has 2 aliphatic heterocycles. The predicted molar refractivity (Wildman–Crippen MR) is 104 cm³/mol. The molecule has 7 heteroatoms. The molecule has 0 aromatic rings. The zero-order valence-corrected chi connectivity index (χ0v) is 17.0. The Hall–Kier alpha value is -1.50. The Bertz CT molecular complexity index is 453. The van der Waals surface area contributed by atoms with Crippen LogP contribution in [0, 0.1) is 11.8 Å². The molecule has 0 aliphatic carbocycles. The van der Waals surface area contributed by atoms with Crippen LogP contribution < -0.4 is 5.32 Å². The van der Waals surface area contributed by atoms with E-state index < -0.39 is 0 Å². The number of carbonyl (C=O) groups is 2. The fraction of sp³-hybridized carbons (Fsp3) is 0.895. The van der Waals surface area contributed by atoms with Crippen LogP contribution in [-0.2, 0) is 0 Å². The third-order valence-corrected chi connectivity index (χ3v) is 5.34. The average molecular weight is 368 g/mol. The van der Waals surface area contributed by atoms with Crippen molar-refractivity contribution in [3.63, 3.8) is 0 Å². The molecule has 0 aromatic carbocycles. The Labute approximate surface area is 158 Å². The van der Waals surface area contributed by atoms with E-state index in [1.165, 1.54) is 19.5 Å². The van der Waals surface area contributed by atoms with Crippen LogP contribution in [0.2, 0.25) is 0 Å². The molecule has 2 fully saturated rings. The molecule has 2 aliphatic rings. The van der Waals surface area contributed by atoms with Crippen LogP contribution in [-0.4, -0.2) is 98.1 Å². The van der Waals surface area contributed by atoms with Crippen LogP contribution in [0.25, 0.3) is 0 Å². The fourth-order valence-electron chi connectivity index (χ4n) is 4.13. The van der Waals surface area contributed by atoms with Gasteiger partial charge in [-0.1, -0.05) is 13.8 Å². The molecule has 2 rings (SSSR count). The maximum absolute atomic E-state index is 12.2. The van der Waals surface area contributed by atoms with E-state index in [1.807, 2.05) is 4.90 Å². The SMILES string of the molecule is CC1CC(C)CN(CCCCNC(=O)N2CCN(C(=O)N(C)C)CC2)C1. The molecule has 0 spiro atoms. The molecular formula is C19H37N5O2. The molecule has 0 bridgehead atoms. The van der Waals surface area contributed by atoms with Crippen molar-refractivity contribution in [2.24, 2.45) is 11.8 Å². The normalized spacial score (nSPS) is 24.5. The van der Waals surface area contributed by atoms with Gasteiger partial charge in [0.15, 0.2) is 0 Å². The molecule has 2 atom stereocenters. The van der Waals surface area contributed by atoms with Crippen LogP contribution in [0.4, 0.5) is 9.59 Å². The monoisotopic (exact) mass is 367 g/mol. The van der Waals surface area contributed by atoms with Crippen LogP contribution in [0.15, 0.2) is 0 Å². The second-order valence-electron chi connectivity index (χ2n) is 8.30. The number of urea groups is 2. The minimum atomic E-state index is 0.00201. The smallest absolute Gasteiger partial charge is 0.319 e. The van der Waals surface area contributed by atoms with Gasteiger partial charge in [-0.2, -0.15) is 0 Å². The summed E-state index contributed by atoms with van der Waals surface area (Å²) in [6, 6.07) is 0.0218. The van der Waals surface area contributed by atoms with Crippen molar-refractivity contribution in [1.82, 2.24) is 24.9 Å². The number of carbonyl (C=O) groups excluding carboxylic acids is 2. The zero-order chi connectivity index (χ0) is 19.1. The lowest BCUT2D eigenvalue weighted by Crippen LogP contribution is -2.54. The summed E-state index contributed by atoms with van der Waals surface area (Å²) in [7, 11) is 3.51. The third kappa shape index (κ3) is 6.34. The maximum atomic E-state index is 12.2. The van der Waals surface area contributed by atoms with Crippen molar-refractivity contribution < 1.29 is 9.59 Å². The topological polar surface area (TPSA) is 59.1 Å². The summed E-state index contributed by atoms with van der Waals surface area (Å²) in [4.78, 5) is 31.9. The van der Waals surface area contributed by atoms with Gasteiger partial charge in [0.2, 0.25) is 0 Å². The molecule has 7 nitrogen and oxygen atoms in total. The number of amides is 4. The zero-order valence-electron chi connectivity index (χ0n) is 17.0. The van der Waals surface area contributed by atoms with Crippen LogP contribution >= 0.6 is 0 Å². The number of hydrogen-bond donors (Lipinski definition) is 1. The first-order chi connectivity index (χ1) is 12.4. The largest absolute Gasteiger partial charge is 0.338 e. The Morgan fingerprint density at radius 3 is 2.12 bits per heavy atom. The van der Waals surface area contributed by atoms with Crippen molar-refractivity contribution in [3.8, 4) is 0 Å². The summed E-state index contributed by atoms with van der Waals surface area (Å²) in [5.41, 5.74) is 0. The first kappa shape index (κ1) is 20.8. The highest BCUT2D eigenvalue weighted by molar-refractivity contribution is 5.76. The van der Waals surface area contributed by atoms with Gasteiger partial charge < -0.3 is 24.9 Å². The summed E-state index contributed by atoms with van der Waals surface area (Å²) in [5.74, 6) is 1.60. The maximum Gasteiger partial charge on any atom is 0.319 e. The first-order valence-corrected chi connectivity index (χ1v) is 10.1. The molecule has 0 radical (unpaired) electrons. The van der Waals surface area contributed by atoms with E-state index in [4.69, 9.17) is 0 Å². The number of likely N-dealkylation sites (tertiary alicyclic amines) is 1. The molecule has 2 heterocycles. The second kappa shape index (κ2) is 10.00. The van der Waals surface area contributed by atoms with Crippen LogP contribution in [0.5, 0.6) is 0 Å². The molecule has 150 valence electrons. The molecule has 2 saturated heterocycles. The number of nitrogens with one attached hydrogen (secondary N) is 1. The highest BCUT2D eigenvalue weighted by atomic mass is 16.2. The van der Waals surface area contributed by atoms with E-state index in [1.54, 1.807) is 23.9 Å². The molecule has 2 unspecified atom stereocenters. The first-order valence-electron chi connectivity index (χ1n) is 10.1. The lowest BCUT2D eigenvalue weighted by Gasteiger charge is -2.36. The van der Waals surface area contributed by atoms with Gasteiger partial charge in [0.1, 0.15) is 0 Å². The summed E-state index contributed by atoms with van der Waals surface area (Å²) >= 11 is 0. The van der Waals surface area contributed by atoms with Crippen molar-refractivity contribution in [2.45, 2.75) is 33.1 Å². The number of rotatable bonds is 5. The quantitative estimate of drug-likeness (QED) is 0.753.